The molecule has 0 aliphatic rings. The van der Waals surface area contributed by atoms with Crippen molar-refractivity contribution in [2.45, 2.75) is 33.6 Å². The van der Waals surface area contributed by atoms with Gasteiger partial charge in [0.15, 0.2) is 5.82 Å². The van der Waals surface area contributed by atoms with Crippen LogP contribution in [-0.2, 0) is 12.8 Å². The van der Waals surface area contributed by atoms with Gasteiger partial charge in [0.1, 0.15) is 0 Å². The summed E-state index contributed by atoms with van der Waals surface area (Å²) in [6.07, 6.45) is 1.53. The standard InChI is InChI=1S/C17H24N4O2/c1-4-15-20-16(23-21-15)14-7-5-13(6-8-14)9-10-18-17(22)19-11-12(2)3/h5-8,12H,4,9-11H2,1-3H3,(H2,18,19,22). The smallest absolute Gasteiger partial charge is 0.314 e. The van der Waals surface area contributed by atoms with Gasteiger partial charge in [0.2, 0.25) is 0 Å². The molecule has 0 saturated heterocycles. The molecular formula is C17H24N4O2. The predicted molar refractivity (Wildman–Crippen MR) is 89.1 cm³/mol. The van der Waals surface area contributed by atoms with E-state index >= 15 is 0 Å². The van der Waals surface area contributed by atoms with Gasteiger partial charge >= 0.3 is 6.03 Å². The summed E-state index contributed by atoms with van der Waals surface area (Å²) in [6, 6.07) is 7.83. The molecule has 124 valence electrons. The topological polar surface area (TPSA) is 80.0 Å². The van der Waals surface area contributed by atoms with E-state index in [-0.39, 0.29) is 6.03 Å². The van der Waals surface area contributed by atoms with Gasteiger partial charge in [-0.1, -0.05) is 38.1 Å². The first-order valence-corrected chi connectivity index (χ1v) is 8.02. The first-order chi connectivity index (χ1) is 11.1. The Bertz CT molecular complexity index is 620. The average Bonchev–Trinajstić information content (AvgIpc) is 3.02. The van der Waals surface area contributed by atoms with Gasteiger partial charge in [-0.2, -0.15) is 4.98 Å². The summed E-state index contributed by atoms with van der Waals surface area (Å²) in [4.78, 5) is 15.9. The number of hydrogen-bond acceptors (Lipinski definition) is 4. The number of aromatic nitrogens is 2. The molecule has 0 fully saturated rings. The normalized spacial score (nSPS) is 10.8. The van der Waals surface area contributed by atoms with Crippen molar-refractivity contribution in [1.29, 1.82) is 0 Å². The molecule has 1 aromatic heterocycles. The molecule has 0 spiro atoms. The van der Waals surface area contributed by atoms with Gasteiger partial charge in [-0.3, -0.25) is 0 Å². The lowest BCUT2D eigenvalue weighted by atomic mass is 10.1. The van der Waals surface area contributed by atoms with E-state index < -0.39 is 0 Å². The lowest BCUT2D eigenvalue weighted by molar-refractivity contribution is 0.239. The van der Waals surface area contributed by atoms with Crippen LogP contribution in [0.1, 0.15) is 32.2 Å². The van der Waals surface area contributed by atoms with Crippen LogP contribution in [0.15, 0.2) is 28.8 Å². The summed E-state index contributed by atoms with van der Waals surface area (Å²) in [7, 11) is 0. The first-order valence-electron chi connectivity index (χ1n) is 8.02. The minimum Gasteiger partial charge on any atom is -0.338 e. The summed E-state index contributed by atoms with van der Waals surface area (Å²) in [6.45, 7) is 7.40. The molecule has 0 radical (unpaired) electrons. The lowest BCUT2D eigenvalue weighted by Gasteiger charge is -2.09. The van der Waals surface area contributed by atoms with E-state index in [0.717, 1.165) is 24.0 Å². The molecule has 23 heavy (non-hydrogen) atoms. The maximum absolute atomic E-state index is 11.6. The molecule has 2 aromatic rings. The van der Waals surface area contributed by atoms with Crippen molar-refractivity contribution in [3.05, 3.63) is 35.7 Å². The number of benzene rings is 1. The fraction of sp³-hybridized carbons (Fsp3) is 0.471. The lowest BCUT2D eigenvalue weighted by Crippen LogP contribution is -2.38. The monoisotopic (exact) mass is 316 g/mol. The summed E-state index contributed by atoms with van der Waals surface area (Å²) < 4.78 is 5.21. The third-order valence-corrected chi connectivity index (χ3v) is 3.36. The van der Waals surface area contributed by atoms with Crippen molar-refractivity contribution < 1.29 is 9.32 Å². The Morgan fingerprint density at radius 3 is 2.57 bits per heavy atom. The van der Waals surface area contributed by atoms with E-state index in [1.165, 1.54) is 0 Å². The van der Waals surface area contributed by atoms with Crippen molar-refractivity contribution in [2.24, 2.45) is 5.92 Å². The van der Waals surface area contributed by atoms with Crippen LogP contribution in [0.3, 0.4) is 0 Å². The number of carbonyl (C=O) groups excluding carboxylic acids is 1. The van der Waals surface area contributed by atoms with Crippen LogP contribution in [0.2, 0.25) is 0 Å². The molecule has 1 aromatic carbocycles. The number of urea groups is 1. The highest BCUT2D eigenvalue weighted by atomic mass is 16.5. The van der Waals surface area contributed by atoms with Gasteiger partial charge in [-0.25, -0.2) is 4.79 Å². The van der Waals surface area contributed by atoms with Crippen molar-refractivity contribution in [3.8, 4) is 11.5 Å². The molecule has 6 nitrogen and oxygen atoms in total. The quantitative estimate of drug-likeness (QED) is 0.823. The Balaban J connectivity index is 1.80. The number of nitrogens with zero attached hydrogens (tertiary/aromatic N) is 2. The second kappa shape index (κ2) is 8.31. The molecule has 0 unspecified atom stereocenters. The van der Waals surface area contributed by atoms with Crippen LogP contribution in [-0.4, -0.2) is 29.3 Å². The Morgan fingerprint density at radius 2 is 1.96 bits per heavy atom. The second-order valence-corrected chi connectivity index (χ2v) is 5.85. The molecule has 6 heteroatoms. The van der Waals surface area contributed by atoms with E-state index in [4.69, 9.17) is 4.52 Å². The van der Waals surface area contributed by atoms with E-state index in [1.807, 2.05) is 31.2 Å². The number of carbonyl (C=O) groups is 1. The predicted octanol–water partition coefficient (Wildman–Crippen LogP) is 2.80. The fourth-order valence-corrected chi connectivity index (χ4v) is 2.01. The van der Waals surface area contributed by atoms with E-state index in [9.17, 15) is 4.79 Å². The fourth-order valence-electron chi connectivity index (χ4n) is 2.01. The summed E-state index contributed by atoms with van der Waals surface area (Å²) >= 11 is 0. The van der Waals surface area contributed by atoms with Crippen LogP contribution < -0.4 is 10.6 Å². The van der Waals surface area contributed by atoms with Gasteiger partial charge in [0, 0.05) is 25.1 Å². The Morgan fingerprint density at radius 1 is 1.22 bits per heavy atom. The van der Waals surface area contributed by atoms with Gasteiger partial charge in [0.05, 0.1) is 0 Å². The first kappa shape index (κ1) is 17.0. The van der Waals surface area contributed by atoms with E-state index in [1.54, 1.807) is 0 Å². The number of nitrogens with one attached hydrogen (secondary N) is 2. The number of aryl methyl sites for hydroxylation is 1. The molecule has 1 heterocycles. The summed E-state index contributed by atoms with van der Waals surface area (Å²) in [5.74, 6) is 1.70. The second-order valence-electron chi connectivity index (χ2n) is 5.85. The van der Waals surface area contributed by atoms with Crippen LogP contribution in [0.25, 0.3) is 11.5 Å². The number of rotatable bonds is 7. The Labute approximate surface area is 136 Å². The van der Waals surface area contributed by atoms with Gasteiger partial charge in [-0.15, -0.1) is 0 Å². The van der Waals surface area contributed by atoms with Crippen LogP contribution in [0, 0.1) is 5.92 Å². The zero-order valence-corrected chi connectivity index (χ0v) is 13.9. The summed E-state index contributed by atoms with van der Waals surface area (Å²) in [5.41, 5.74) is 2.05. The zero-order chi connectivity index (χ0) is 16.7. The van der Waals surface area contributed by atoms with Crippen molar-refractivity contribution in [3.63, 3.8) is 0 Å². The van der Waals surface area contributed by atoms with Crippen molar-refractivity contribution in [2.75, 3.05) is 13.1 Å². The molecule has 0 aliphatic carbocycles. The minimum absolute atomic E-state index is 0.117. The molecule has 0 bridgehead atoms. The third-order valence-electron chi connectivity index (χ3n) is 3.36. The number of hydrogen-bond donors (Lipinski definition) is 2. The highest BCUT2D eigenvalue weighted by molar-refractivity contribution is 5.73. The Hall–Kier alpha value is -2.37. The SMILES string of the molecule is CCc1noc(-c2ccc(CCNC(=O)NCC(C)C)cc2)n1. The average molecular weight is 316 g/mol. The molecule has 0 atom stereocenters. The third kappa shape index (κ3) is 5.39. The van der Waals surface area contributed by atoms with Crippen LogP contribution in [0.5, 0.6) is 0 Å². The summed E-state index contributed by atoms with van der Waals surface area (Å²) in [5, 5.41) is 9.57. The highest BCUT2D eigenvalue weighted by Gasteiger charge is 2.07. The van der Waals surface area contributed by atoms with Crippen molar-refractivity contribution in [1.82, 2.24) is 20.8 Å². The molecule has 0 aliphatic heterocycles. The highest BCUT2D eigenvalue weighted by Crippen LogP contribution is 2.18. The van der Waals surface area contributed by atoms with E-state index in [2.05, 4.69) is 34.6 Å². The molecule has 2 N–H and O–H groups in total. The largest absolute Gasteiger partial charge is 0.338 e. The van der Waals surface area contributed by atoms with Crippen LogP contribution >= 0.6 is 0 Å². The zero-order valence-electron chi connectivity index (χ0n) is 13.9. The minimum atomic E-state index is -0.117. The Kier molecular flexibility index (Phi) is 6.14. The van der Waals surface area contributed by atoms with Gasteiger partial charge in [0.25, 0.3) is 5.89 Å². The molecular weight excluding hydrogens is 292 g/mol. The number of amides is 2. The molecule has 0 saturated carbocycles. The van der Waals surface area contributed by atoms with Crippen molar-refractivity contribution >= 4 is 6.03 Å². The van der Waals surface area contributed by atoms with Gasteiger partial charge in [-0.05, 0) is 30.0 Å². The molecule has 2 amide bonds. The van der Waals surface area contributed by atoms with Gasteiger partial charge < -0.3 is 15.2 Å². The van der Waals surface area contributed by atoms with Crippen LogP contribution in [0.4, 0.5) is 4.79 Å². The molecule has 2 rings (SSSR count). The maximum atomic E-state index is 11.6. The van der Waals surface area contributed by atoms with E-state index in [0.29, 0.717) is 30.7 Å². The maximum Gasteiger partial charge on any atom is 0.314 e.